The predicted molar refractivity (Wildman–Crippen MR) is 75.7 cm³/mol. The van der Waals surface area contributed by atoms with Crippen molar-refractivity contribution in [3.63, 3.8) is 0 Å². The zero-order chi connectivity index (χ0) is 13.7. The van der Waals surface area contributed by atoms with Crippen LogP contribution < -0.4 is 0 Å². The smallest absolute Gasteiger partial charge is 0.320 e. The third kappa shape index (κ3) is 3.69. The number of nitrogens with zero attached hydrogens (tertiary/aromatic N) is 3. The molecule has 0 radical (unpaired) electrons. The first-order chi connectivity index (χ1) is 9.20. The largest absolute Gasteiger partial charge is 0.324 e. The molecule has 1 aromatic heterocycles. The summed E-state index contributed by atoms with van der Waals surface area (Å²) >= 11 is 0. The maximum Gasteiger partial charge on any atom is 0.320 e. The maximum absolute atomic E-state index is 12.5. The molecule has 1 unspecified atom stereocenters. The van der Waals surface area contributed by atoms with Crippen molar-refractivity contribution in [3.8, 4) is 0 Å². The van der Waals surface area contributed by atoms with E-state index in [-0.39, 0.29) is 6.03 Å². The van der Waals surface area contributed by atoms with E-state index in [0.29, 0.717) is 12.5 Å². The number of hydrogen-bond donors (Lipinski definition) is 0. The van der Waals surface area contributed by atoms with Crippen LogP contribution in [-0.4, -0.2) is 40.4 Å². The molecule has 1 aliphatic rings. The molecular formula is C15H23N3O. The Morgan fingerprint density at radius 1 is 1.47 bits per heavy atom. The van der Waals surface area contributed by atoms with Crippen molar-refractivity contribution in [3.05, 3.63) is 30.1 Å². The Morgan fingerprint density at radius 3 is 2.84 bits per heavy atom. The second-order valence-electron chi connectivity index (χ2n) is 5.35. The topological polar surface area (TPSA) is 36.4 Å². The van der Waals surface area contributed by atoms with Crippen LogP contribution in [0.1, 0.15) is 32.3 Å². The number of amides is 2. The number of likely N-dealkylation sites (tertiary alicyclic amines) is 1. The fourth-order valence-electron chi connectivity index (χ4n) is 2.59. The highest BCUT2D eigenvalue weighted by Gasteiger charge is 2.24. The molecule has 2 heterocycles. The van der Waals surface area contributed by atoms with Gasteiger partial charge in [-0.15, -0.1) is 0 Å². The second-order valence-corrected chi connectivity index (χ2v) is 5.35. The molecule has 1 saturated heterocycles. The molecule has 1 aliphatic heterocycles. The van der Waals surface area contributed by atoms with Crippen LogP contribution >= 0.6 is 0 Å². The molecule has 1 aromatic rings. The molecule has 0 aromatic carbocycles. The highest BCUT2D eigenvalue weighted by molar-refractivity contribution is 5.74. The number of piperidine rings is 1. The number of hydrogen-bond acceptors (Lipinski definition) is 2. The van der Waals surface area contributed by atoms with Gasteiger partial charge in [0.2, 0.25) is 0 Å². The van der Waals surface area contributed by atoms with Gasteiger partial charge in [0.25, 0.3) is 0 Å². The SMILES string of the molecule is CCN(Cc1ccncc1)C(=O)N1CCCC(C)C1. The maximum atomic E-state index is 12.5. The van der Waals surface area contributed by atoms with Crippen molar-refractivity contribution < 1.29 is 4.79 Å². The van der Waals surface area contributed by atoms with Gasteiger partial charge in [-0.3, -0.25) is 4.98 Å². The first-order valence-corrected chi connectivity index (χ1v) is 7.13. The highest BCUT2D eigenvalue weighted by Crippen LogP contribution is 2.17. The number of rotatable bonds is 3. The quantitative estimate of drug-likeness (QED) is 0.839. The second kappa shape index (κ2) is 6.55. The number of urea groups is 1. The van der Waals surface area contributed by atoms with Crippen molar-refractivity contribution >= 4 is 6.03 Å². The summed E-state index contributed by atoms with van der Waals surface area (Å²) in [6.45, 7) is 7.46. The third-order valence-corrected chi connectivity index (χ3v) is 3.70. The van der Waals surface area contributed by atoms with Gasteiger partial charge in [-0.05, 0) is 43.4 Å². The Labute approximate surface area is 115 Å². The number of aromatic nitrogens is 1. The number of pyridine rings is 1. The van der Waals surface area contributed by atoms with Gasteiger partial charge >= 0.3 is 6.03 Å². The summed E-state index contributed by atoms with van der Waals surface area (Å²) in [6.07, 6.45) is 5.91. The minimum absolute atomic E-state index is 0.172. The molecule has 0 N–H and O–H groups in total. The molecule has 104 valence electrons. The van der Waals surface area contributed by atoms with E-state index >= 15 is 0 Å². The first kappa shape index (κ1) is 13.8. The average molecular weight is 261 g/mol. The number of carbonyl (C=O) groups is 1. The Hall–Kier alpha value is -1.58. The van der Waals surface area contributed by atoms with Gasteiger partial charge in [-0.2, -0.15) is 0 Å². The van der Waals surface area contributed by atoms with Crippen molar-refractivity contribution in [1.82, 2.24) is 14.8 Å². The van der Waals surface area contributed by atoms with E-state index in [1.807, 2.05) is 28.9 Å². The average Bonchev–Trinajstić information content (AvgIpc) is 2.45. The lowest BCUT2D eigenvalue weighted by molar-refractivity contribution is 0.131. The van der Waals surface area contributed by atoms with Crippen LogP contribution in [0, 0.1) is 5.92 Å². The lowest BCUT2D eigenvalue weighted by atomic mass is 10.0. The molecule has 1 fully saturated rings. The van der Waals surface area contributed by atoms with Gasteiger partial charge in [0.05, 0.1) is 0 Å². The molecule has 19 heavy (non-hydrogen) atoms. The molecule has 4 nitrogen and oxygen atoms in total. The lowest BCUT2D eigenvalue weighted by Crippen LogP contribution is -2.46. The molecule has 2 amide bonds. The van der Waals surface area contributed by atoms with E-state index in [2.05, 4.69) is 11.9 Å². The monoisotopic (exact) mass is 261 g/mol. The number of carbonyl (C=O) groups excluding carboxylic acids is 1. The van der Waals surface area contributed by atoms with Crippen LogP contribution in [0.2, 0.25) is 0 Å². The lowest BCUT2D eigenvalue weighted by Gasteiger charge is -2.35. The summed E-state index contributed by atoms with van der Waals surface area (Å²) in [5.74, 6) is 0.623. The fraction of sp³-hybridized carbons (Fsp3) is 0.600. The van der Waals surface area contributed by atoms with Gasteiger partial charge in [-0.1, -0.05) is 6.92 Å². The summed E-state index contributed by atoms with van der Waals surface area (Å²) in [4.78, 5) is 20.4. The summed E-state index contributed by atoms with van der Waals surface area (Å²) in [6, 6.07) is 4.11. The Balaban J connectivity index is 1.98. The van der Waals surface area contributed by atoms with Crippen LogP contribution in [0.5, 0.6) is 0 Å². The van der Waals surface area contributed by atoms with Crippen LogP contribution in [0.3, 0.4) is 0 Å². The Morgan fingerprint density at radius 2 is 2.21 bits per heavy atom. The predicted octanol–water partition coefficient (Wildman–Crippen LogP) is 2.76. The van der Waals surface area contributed by atoms with E-state index in [1.54, 1.807) is 12.4 Å². The zero-order valence-electron chi connectivity index (χ0n) is 11.9. The van der Waals surface area contributed by atoms with Crippen molar-refractivity contribution in [2.45, 2.75) is 33.2 Å². The van der Waals surface area contributed by atoms with Crippen LogP contribution in [-0.2, 0) is 6.54 Å². The first-order valence-electron chi connectivity index (χ1n) is 7.13. The van der Waals surface area contributed by atoms with Crippen LogP contribution in [0.4, 0.5) is 4.79 Å². The van der Waals surface area contributed by atoms with E-state index in [1.165, 1.54) is 6.42 Å². The van der Waals surface area contributed by atoms with Gasteiger partial charge in [0.1, 0.15) is 0 Å². The van der Waals surface area contributed by atoms with Gasteiger partial charge in [0, 0.05) is 38.6 Å². The van der Waals surface area contributed by atoms with E-state index in [9.17, 15) is 4.79 Å². The van der Waals surface area contributed by atoms with Gasteiger partial charge in [-0.25, -0.2) is 4.79 Å². The molecular weight excluding hydrogens is 238 g/mol. The molecule has 0 aliphatic carbocycles. The molecule has 1 atom stereocenters. The van der Waals surface area contributed by atoms with E-state index < -0.39 is 0 Å². The third-order valence-electron chi connectivity index (χ3n) is 3.70. The molecule has 0 bridgehead atoms. The van der Waals surface area contributed by atoms with Crippen molar-refractivity contribution in [1.29, 1.82) is 0 Å². The minimum atomic E-state index is 0.172. The Kier molecular flexibility index (Phi) is 4.77. The normalized spacial score (nSPS) is 19.3. The van der Waals surface area contributed by atoms with E-state index in [0.717, 1.165) is 31.6 Å². The standard InChI is InChI=1S/C15H23N3O/c1-3-17(12-14-6-8-16-9-7-14)15(19)18-10-4-5-13(2)11-18/h6-9,13H,3-5,10-12H2,1-2H3. The molecule has 0 saturated carbocycles. The van der Waals surface area contributed by atoms with Gasteiger partial charge < -0.3 is 9.80 Å². The molecule has 0 spiro atoms. The summed E-state index contributed by atoms with van der Waals surface area (Å²) < 4.78 is 0. The summed E-state index contributed by atoms with van der Waals surface area (Å²) in [5.41, 5.74) is 1.13. The highest BCUT2D eigenvalue weighted by atomic mass is 16.2. The minimum Gasteiger partial charge on any atom is -0.324 e. The van der Waals surface area contributed by atoms with Crippen LogP contribution in [0.15, 0.2) is 24.5 Å². The van der Waals surface area contributed by atoms with Crippen LogP contribution in [0.25, 0.3) is 0 Å². The van der Waals surface area contributed by atoms with Crippen molar-refractivity contribution in [2.24, 2.45) is 5.92 Å². The fourth-order valence-corrected chi connectivity index (χ4v) is 2.59. The summed E-state index contributed by atoms with van der Waals surface area (Å²) in [5, 5.41) is 0. The van der Waals surface area contributed by atoms with Crippen molar-refractivity contribution in [2.75, 3.05) is 19.6 Å². The molecule has 2 rings (SSSR count). The summed E-state index contributed by atoms with van der Waals surface area (Å²) in [7, 11) is 0. The Bertz CT molecular complexity index is 407. The molecule has 4 heteroatoms. The zero-order valence-corrected chi connectivity index (χ0v) is 11.9. The van der Waals surface area contributed by atoms with E-state index in [4.69, 9.17) is 0 Å². The van der Waals surface area contributed by atoms with Gasteiger partial charge in [0.15, 0.2) is 0 Å².